The Morgan fingerprint density at radius 3 is 2.72 bits per heavy atom. The van der Waals surface area contributed by atoms with Crippen molar-refractivity contribution in [3.05, 3.63) is 28.2 Å². The van der Waals surface area contributed by atoms with E-state index in [0.29, 0.717) is 0 Å². The van der Waals surface area contributed by atoms with Crippen molar-refractivity contribution in [2.75, 3.05) is 18.0 Å². The van der Waals surface area contributed by atoms with E-state index in [9.17, 15) is 0 Å². The summed E-state index contributed by atoms with van der Waals surface area (Å²) in [5, 5.41) is 7.71. The van der Waals surface area contributed by atoms with Crippen LogP contribution in [0.15, 0.2) is 22.7 Å². The maximum Gasteiger partial charge on any atom is 0.124 e. The van der Waals surface area contributed by atoms with Crippen molar-refractivity contribution in [2.24, 2.45) is 11.7 Å². The molecule has 3 nitrogen and oxygen atoms in total. The van der Waals surface area contributed by atoms with Crippen LogP contribution in [0.2, 0.25) is 0 Å². The Morgan fingerprint density at radius 2 is 2.22 bits per heavy atom. The van der Waals surface area contributed by atoms with Crippen LogP contribution in [0.1, 0.15) is 31.7 Å². The predicted molar refractivity (Wildman–Crippen MR) is 80.4 cm³/mol. The van der Waals surface area contributed by atoms with Crippen LogP contribution in [0.4, 0.5) is 5.69 Å². The number of halogens is 1. The van der Waals surface area contributed by atoms with Crippen molar-refractivity contribution in [3.8, 4) is 0 Å². The van der Waals surface area contributed by atoms with Crippen molar-refractivity contribution in [1.82, 2.24) is 0 Å². The average molecular weight is 310 g/mol. The van der Waals surface area contributed by atoms with E-state index in [1.54, 1.807) is 0 Å². The SMILES string of the molecule is CCN(CC1CCC1)c1ccc(Br)cc1C(=N)N. The number of amidine groups is 1. The van der Waals surface area contributed by atoms with Gasteiger partial charge in [-0.25, -0.2) is 0 Å². The number of nitrogens with two attached hydrogens (primary N) is 1. The first-order valence-corrected chi connectivity index (χ1v) is 7.30. The summed E-state index contributed by atoms with van der Waals surface area (Å²) in [5.41, 5.74) is 7.60. The van der Waals surface area contributed by atoms with Gasteiger partial charge in [-0.2, -0.15) is 0 Å². The van der Waals surface area contributed by atoms with Gasteiger partial charge in [-0.1, -0.05) is 22.4 Å². The van der Waals surface area contributed by atoms with Crippen molar-refractivity contribution in [2.45, 2.75) is 26.2 Å². The number of benzene rings is 1. The molecule has 0 heterocycles. The Balaban J connectivity index is 2.25. The van der Waals surface area contributed by atoms with Crippen molar-refractivity contribution >= 4 is 27.5 Å². The van der Waals surface area contributed by atoms with Crippen LogP contribution in [-0.2, 0) is 0 Å². The molecular formula is C14H20BrN3. The highest BCUT2D eigenvalue weighted by molar-refractivity contribution is 9.10. The van der Waals surface area contributed by atoms with E-state index in [4.69, 9.17) is 11.1 Å². The van der Waals surface area contributed by atoms with Gasteiger partial charge in [0, 0.05) is 28.8 Å². The maximum atomic E-state index is 7.71. The van der Waals surface area contributed by atoms with E-state index in [1.165, 1.54) is 19.3 Å². The standard InChI is InChI=1S/C14H20BrN3/c1-2-18(9-10-4-3-5-10)13-7-6-11(15)8-12(13)14(16)17/h6-8,10H,2-5,9H2,1H3,(H3,16,17). The summed E-state index contributed by atoms with van der Waals surface area (Å²) in [6.45, 7) is 4.20. The molecule has 0 atom stereocenters. The van der Waals surface area contributed by atoms with Gasteiger partial charge in [0.05, 0.1) is 0 Å². The molecule has 18 heavy (non-hydrogen) atoms. The first-order chi connectivity index (χ1) is 8.61. The third-order valence-electron chi connectivity index (χ3n) is 3.67. The Kier molecular flexibility index (Phi) is 4.27. The van der Waals surface area contributed by atoms with Gasteiger partial charge < -0.3 is 10.6 Å². The second kappa shape index (κ2) is 5.74. The van der Waals surface area contributed by atoms with Crippen molar-refractivity contribution in [3.63, 3.8) is 0 Å². The van der Waals surface area contributed by atoms with Gasteiger partial charge in [-0.15, -0.1) is 0 Å². The third kappa shape index (κ3) is 2.86. The fraction of sp³-hybridized carbons (Fsp3) is 0.500. The number of nitrogens with zero attached hydrogens (tertiary/aromatic N) is 1. The summed E-state index contributed by atoms with van der Waals surface area (Å²) in [6, 6.07) is 6.01. The first kappa shape index (κ1) is 13.4. The lowest BCUT2D eigenvalue weighted by Gasteiger charge is -2.34. The minimum Gasteiger partial charge on any atom is -0.384 e. The predicted octanol–water partition coefficient (Wildman–Crippen LogP) is 3.36. The van der Waals surface area contributed by atoms with E-state index >= 15 is 0 Å². The van der Waals surface area contributed by atoms with Crippen molar-refractivity contribution < 1.29 is 0 Å². The van der Waals surface area contributed by atoms with Crippen LogP contribution in [-0.4, -0.2) is 18.9 Å². The topological polar surface area (TPSA) is 53.1 Å². The number of nitrogen functional groups attached to an aromatic ring is 1. The molecule has 1 aromatic rings. The molecule has 0 bridgehead atoms. The van der Waals surface area contributed by atoms with Crippen LogP contribution in [0, 0.1) is 11.3 Å². The summed E-state index contributed by atoms with van der Waals surface area (Å²) < 4.78 is 0.969. The zero-order chi connectivity index (χ0) is 13.1. The summed E-state index contributed by atoms with van der Waals surface area (Å²) in [6.07, 6.45) is 4.03. The van der Waals surface area contributed by atoms with Crippen LogP contribution in [0.25, 0.3) is 0 Å². The molecule has 0 aromatic heterocycles. The molecule has 1 saturated carbocycles. The van der Waals surface area contributed by atoms with E-state index in [2.05, 4.69) is 33.8 Å². The van der Waals surface area contributed by atoms with Crippen LogP contribution < -0.4 is 10.6 Å². The lowest BCUT2D eigenvalue weighted by Crippen LogP contribution is -2.33. The van der Waals surface area contributed by atoms with Gasteiger partial charge in [0.1, 0.15) is 5.84 Å². The second-order valence-electron chi connectivity index (χ2n) is 4.91. The molecule has 0 unspecified atom stereocenters. The van der Waals surface area contributed by atoms with Gasteiger partial charge in [-0.05, 0) is 43.9 Å². The minimum atomic E-state index is 0.137. The van der Waals surface area contributed by atoms with E-state index in [-0.39, 0.29) is 5.84 Å². The van der Waals surface area contributed by atoms with Crippen LogP contribution in [0.5, 0.6) is 0 Å². The van der Waals surface area contributed by atoms with Gasteiger partial charge in [0.2, 0.25) is 0 Å². The van der Waals surface area contributed by atoms with Gasteiger partial charge in [0.25, 0.3) is 0 Å². The molecule has 0 spiro atoms. The monoisotopic (exact) mass is 309 g/mol. The van der Waals surface area contributed by atoms with Gasteiger partial charge in [0.15, 0.2) is 0 Å². The number of anilines is 1. The Hall–Kier alpha value is -1.03. The first-order valence-electron chi connectivity index (χ1n) is 6.50. The fourth-order valence-corrected chi connectivity index (χ4v) is 2.75. The molecule has 98 valence electrons. The number of nitrogens with one attached hydrogen (secondary N) is 1. The highest BCUT2D eigenvalue weighted by atomic mass is 79.9. The molecule has 0 radical (unpaired) electrons. The molecular weight excluding hydrogens is 290 g/mol. The van der Waals surface area contributed by atoms with Crippen LogP contribution in [0.3, 0.4) is 0 Å². The molecule has 1 aliphatic carbocycles. The smallest absolute Gasteiger partial charge is 0.124 e. The fourth-order valence-electron chi connectivity index (χ4n) is 2.38. The summed E-state index contributed by atoms with van der Waals surface area (Å²) in [5.74, 6) is 0.951. The number of rotatable bonds is 5. The number of hydrogen-bond acceptors (Lipinski definition) is 2. The highest BCUT2D eigenvalue weighted by Crippen LogP contribution is 2.31. The normalized spacial score (nSPS) is 15.2. The zero-order valence-electron chi connectivity index (χ0n) is 10.7. The van der Waals surface area contributed by atoms with Crippen LogP contribution >= 0.6 is 15.9 Å². The second-order valence-corrected chi connectivity index (χ2v) is 5.83. The summed E-state index contributed by atoms with van der Waals surface area (Å²) >= 11 is 3.44. The molecule has 0 amide bonds. The molecule has 1 aliphatic rings. The maximum absolute atomic E-state index is 7.71. The van der Waals surface area contributed by atoms with E-state index < -0.39 is 0 Å². The Bertz CT molecular complexity index is 441. The largest absolute Gasteiger partial charge is 0.384 e. The lowest BCUT2D eigenvalue weighted by molar-refractivity contribution is 0.318. The highest BCUT2D eigenvalue weighted by Gasteiger charge is 2.21. The number of hydrogen-bond donors (Lipinski definition) is 2. The molecule has 0 saturated heterocycles. The zero-order valence-corrected chi connectivity index (χ0v) is 12.3. The van der Waals surface area contributed by atoms with E-state index in [1.807, 2.05) is 12.1 Å². The molecule has 4 heteroatoms. The molecule has 0 aliphatic heterocycles. The molecule has 1 fully saturated rings. The summed E-state index contributed by atoms with van der Waals surface area (Å²) in [4.78, 5) is 2.34. The van der Waals surface area contributed by atoms with Gasteiger partial charge >= 0.3 is 0 Å². The minimum absolute atomic E-state index is 0.137. The third-order valence-corrected chi connectivity index (χ3v) is 4.17. The van der Waals surface area contributed by atoms with E-state index in [0.717, 1.165) is 34.7 Å². The lowest BCUT2D eigenvalue weighted by atomic mass is 9.85. The molecule has 3 N–H and O–H groups in total. The summed E-state index contributed by atoms with van der Waals surface area (Å²) in [7, 11) is 0. The Labute approximate surface area is 117 Å². The van der Waals surface area contributed by atoms with Crippen molar-refractivity contribution in [1.29, 1.82) is 5.41 Å². The van der Waals surface area contributed by atoms with Gasteiger partial charge in [-0.3, -0.25) is 5.41 Å². The Morgan fingerprint density at radius 1 is 1.50 bits per heavy atom. The molecule has 2 rings (SSSR count). The quantitative estimate of drug-likeness (QED) is 0.647. The average Bonchev–Trinajstić information content (AvgIpc) is 2.28. The molecule has 1 aromatic carbocycles.